The van der Waals surface area contributed by atoms with Crippen LogP contribution in [-0.2, 0) is 28.6 Å². The van der Waals surface area contributed by atoms with Gasteiger partial charge in [-0.1, -0.05) is 308 Å². The summed E-state index contributed by atoms with van der Waals surface area (Å²) in [4.78, 5) is 37.8. The highest BCUT2D eigenvalue weighted by Crippen LogP contribution is 2.18. The smallest absolute Gasteiger partial charge is 0.306 e. The second-order valence-electron chi connectivity index (χ2n) is 21.3. The van der Waals surface area contributed by atoms with E-state index in [2.05, 4.69) is 57.2 Å². The molecular formula is C65H120O6. The van der Waals surface area contributed by atoms with Crippen molar-refractivity contribution in [3.63, 3.8) is 0 Å². The normalized spacial score (nSPS) is 12.2. The summed E-state index contributed by atoms with van der Waals surface area (Å²) >= 11 is 0. The average Bonchev–Trinajstić information content (AvgIpc) is 3.37. The molecule has 0 spiro atoms. The highest BCUT2D eigenvalue weighted by atomic mass is 16.6. The maximum atomic E-state index is 12.7. The lowest BCUT2D eigenvalue weighted by atomic mass is 10.0. The van der Waals surface area contributed by atoms with Gasteiger partial charge in [-0.25, -0.2) is 0 Å². The molecule has 0 aromatic carbocycles. The number of rotatable bonds is 58. The van der Waals surface area contributed by atoms with E-state index in [1.807, 2.05) is 0 Å². The lowest BCUT2D eigenvalue weighted by Gasteiger charge is -2.18. The molecule has 0 N–H and O–H groups in total. The van der Waals surface area contributed by atoms with Crippen molar-refractivity contribution >= 4 is 17.9 Å². The van der Waals surface area contributed by atoms with Crippen molar-refractivity contribution in [1.82, 2.24) is 0 Å². The SMILES string of the molecule is CC/C=C\C/C=C\C/C=C\CCCCCC(=O)OC(COC(=O)CCCCCCCC)COC(=O)CCCCCCCCCCCCCCCCCCCCCCCCCCCCCCCCCCCC. The summed E-state index contributed by atoms with van der Waals surface area (Å²) in [6.07, 6.45) is 73.7. The zero-order valence-electron chi connectivity index (χ0n) is 47.8. The minimum Gasteiger partial charge on any atom is -0.462 e. The number of hydrogen-bond acceptors (Lipinski definition) is 6. The monoisotopic (exact) mass is 997 g/mol. The molecule has 1 unspecified atom stereocenters. The molecule has 0 amide bonds. The Hall–Kier alpha value is -2.37. The predicted molar refractivity (Wildman–Crippen MR) is 307 cm³/mol. The lowest BCUT2D eigenvalue weighted by Crippen LogP contribution is -2.30. The molecule has 0 heterocycles. The van der Waals surface area contributed by atoms with Crippen molar-refractivity contribution in [2.24, 2.45) is 0 Å². The highest BCUT2D eigenvalue weighted by molar-refractivity contribution is 5.71. The van der Waals surface area contributed by atoms with E-state index < -0.39 is 6.10 Å². The number of carbonyl (C=O) groups is 3. The third kappa shape index (κ3) is 58.4. The predicted octanol–water partition coefficient (Wildman–Crippen LogP) is 21.2. The first-order chi connectivity index (χ1) is 35.0. The molecule has 0 aliphatic rings. The first-order valence-corrected chi connectivity index (χ1v) is 31.5. The molecule has 0 rings (SSSR count). The largest absolute Gasteiger partial charge is 0.462 e. The molecule has 0 aromatic rings. The molecule has 0 aromatic heterocycles. The van der Waals surface area contributed by atoms with Crippen molar-refractivity contribution in [3.8, 4) is 0 Å². The molecule has 1 atom stereocenters. The highest BCUT2D eigenvalue weighted by Gasteiger charge is 2.19. The Kier molecular flexibility index (Phi) is 58.2. The number of carbonyl (C=O) groups excluding carboxylic acids is 3. The van der Waals surface area contributed by atoms with Crippen LogP contribution in [-0.4, -0.2) is 37.2 Å². The van der Waals surface area contributed by atoms with Gasteiger partial charge in [-0.2, -0.15) is 0 Å². The van der Waals surface area contributed by atoms with E-state index >= 15 is 0 Å². The van der Waals surface area contributed by atoms with Gasteiger partial charge in [0.15, 0.2) is 6.10 Å². The molecule has 0 aliphatic carbocycles. The molecule has 6 nitrogen and oxygen atoms in total. The molecule has 0 radical (unpaired) electrons. The fourth-order valence-electron chi connectivity index (χ4n) is 9.46. The quantitative estimate of drug-likeness (QED) is 0.0261. The molecule has 0 saturated heterocycles. The van der Waals surface area contributed by atoms with Crippen molar-refractivity contribution in [3.05, 3.63) is 36.5 Å². The first-order valence-electron chi connectivity index (χ1n) is 31.5. The Balaban J connectivity index is 3.86. The van der Waals surface area contributed by atoms with Crippen LogP contribution in [0.15, 0.2) is 36.5 Å². The number of allylic oxidation sites excluding steroid dienone is 6. The molecular weight excluding hydrogens is 877 g/mol. The zero-order valence-corrected chi connectivity index (χ0v) is 47.8. The topological polar surface area (TPSA) is 78.9 Å². The van der Waals surface area contributed by atoms with Gasteiger partial charge in [0.05, 0.1) is 0 Å². The third-order valence-corrected chi connectivity index (χ3v) is 14.2. The first kappa shape index (κ1) is 68.6. The minimum atomic E-state index is -0.781. The molecule has 0 fully saturated rings. The average molecular weight is 998 g/mol. The summed E-state index contributed by atoms with van der Waals surface area (Å²) < 4.78 is 16.7. The fraction of sp³-hybridized carbons (Fsp3) is 0.862. The second-order valence-corrected chi connectivity index (χ2v) is 21.3. The van der Waals surface area contributed by atoms with Gasteiger partial charge in [-0.3, -0.25) is 14.4 Å². The van der Waals surface area contributed by atoms with Gasteiger partial charge < -0.3 is 14.2 Å². The van der Waals surface area contributed by atoms with Crippen LogP contribution >= 0.6 is 0 Å². The van der Waals surface area contributed by atoms with Crippen molar-refractivity contribution in [2.45, 2.75) is 348 Å². The number of esters is 3. The van der Waals surface area contributed by atoms with Crippen LogP contribution in [0, 0.1) is 0 Å². The van der Waals surface area contributed by atoms with Crippen LogP contribution in [0.5, 0.6) is 0 Å². The van der Waals surface area contributed by atoms with Crippen LogP contribution in [0.4, 0.5) is 0 Å². The number of unbranched alkanes of at least 4 members (excludes halogenated alkanes) is 41. The molecule has 71 heavy (non-hydrogen) atoms. The Morgan fingerprint density at radius 3 is 0.859 bits per heavy atom. The van der Waals surface area contributed by atoms with Crippen LogP contribution in [0.3, 0.4) is 0 Å². The van der Waals surface area contributed by atoms with Crippen LogP contribution < -0.4 is 0 Å². The van der Waals surface area contributed by atoms with Crippen molar-refractivity contribution in [2.75, 3.05) is 13.2 Å². The van der Waals surface area contributed by atoms with Crippen LogP contribution in [0.2, 0.25) is 0 Å². The Morgan fingerprint density at radius 2 is 0.549 bits per heavy atom. The number of hydrogen-bond donors (Lipinski definition) is 0. The Bertz CT molecular complexity index is 1190. The zero-order chi connectivity index (χ0) is 51.4. The van der Waals surface area contributed by atoms with E-state index in [1.54, 1.807) is 0 Å². The summed E-state index contributed by atoms with van der Waals surface area (Å²) in [7, 11) is 0. The van der Waals surface area contributed by atoms with Gasteiger partial charge in [0.1, 0.15) is 13.2 Å². The minimum absolute atomic E-state index is 0.0807. The van der Waals surface area contributed by atoms with E-state index in [9.17, 15) is 14.4 Å². The summed E-state index contributed by atoms with van der Waals surface area (Å²) in [6, 6.07) is 0. The Labute approximate surface area is 442 Å². The van der Waals surface area contributed by atoms with Crippen molar-refractivity contribution < 1.29 is 28.6 Å². The van der Waals surface area contributed by atoms with Gasteiger partial charge >= 0.3 is 17.9 Å². The summed E-state index contributed by atoms with van der Waals surface area (Å²) in [6.45, 7) is 6.48. The second kappa shape index (κ2) is 60.2. The van der Waals surface area contributed by atoms with Gasteiger partial charge in [-0.15, -0.1) is 0 Å². The van der Waals surface area contributed by atoms with E-state index in [-0.39, 0.29) is 31.1 Å². The molecule has 416 valence electrons. The van der Waals surface area contributed by atoms with E-state index in [0.29, 0.717) is 19.3 Å². The molecule has 0 bridgehead atoms. The standard InChI is InChI=1S/C65H120O6/c1-4-7-10-13-16-18-20-22-23-24-25-26-27-28-29-30-31-32-33-34-35-36-37-38-39-40-41-42-44-45-47-49-52-55-58-64(67)70-61-62(60-69-63(66)57-54-51-15-12-9-6-3)71-65(68)59-56-53-50-48-46-43-21-19-17-14-11-8-5-2/h8,11,17,19,43,46,62H,4-7,9-10,12-16,18,20-42,44-45,47-61H2,1-3H3/b11-8-,19-17-,46-43-. The summed E-state index contributed by atoms with van der Waals surface area (Å²) in [5.74, 6) is -0.906. The van der Waals surface area contributed by atoms with E-state index in [1.165, 1.54) is 218 Å². The molecule has 0 saturated carbocycles. The maximum absolute atomic E-state index is 12.7. The van der Waals surface area contributed by atoms with E-state index in [4.69, 9.17) is 14.2 Å². The van der Waals surface area contributed by atoms with Crippen molar-refractivity contribution in [1.29, 1.82) is 0 Å². The van der Waals surface area contributed by atoms with Gasteiger partial charge in [0.2, 0.25) is 0 Å². The van der Waals surface area contributed by atoms with Gasteiger partial charge in [-0.05, 0) is 51.4 Å². The van der Waals surface area contributed by atoms with Crippen LogP contribution in [0.25, 0.3) is 0 Å². The molecule has 6 heteroatoms. The fourth-order valence-corrected chi connectivity index (χ4v) is 9.46. The van der Waals surface area contributed by atoms with Crippen LogP contribution in [0.1, 0.15) is 342 Å². The number of ether oxygens (including phenoxy) is 3. The lowest BCUT2D eigenvalue weighted by molar-refractivity contribution is -0.167. The molecule has 0 aliphatic heterocycles. The maximum Gasteiger partial charge on any atom is 0.306 e. The Morgan fingerprint density at radius 1 is 0.296 bits per heavy atom. The van der Waals surface area contributed by atoms with E-state index in [0.717, 1.165) is 83.5 Å². The summed E-state index contributed by atoms with van der Waals surface area (Å²) in [5.41, 5.74) is 0. The van der Waals surface area contributed by atoms with Gasteiger partial charge in [0, 0.05) is 19.3 Å². The summed E-state index contributed by atoms with van der Waals surface area (Å²) in [5, 5.41) is 0. The van der Waals surface area contributed by atoms with Gasteiger partial charge in [0.25, 0.3) is 0 Å². The third-order valence-electron chi connectivity index (χ3n) is 14.2.